The molecule has 9 nitrogen and oxygen atoms in total. The topological polar surface area (TPSA) is 124 Å². The van der Waals surface area contributed by atoms with E-state index in [1.54, 1.807) is 12.1 Å². The summed E-state index contributed by atoms with van der Waals surface area (Å²) >= 11 is 6.29. The lowest BCUT2D eigenvalue weighted by atomic mass is 10.1. The number of rotatable bonds is 3. The maximum Gasteiger partial charge on any atom is 0.296 e. The van der Waals surface area contributed by atoms with Gasteiger partial charge in [0.25, 0.3) is 6.01 Å². The normalized spacial score (nSPS) is 32.0. The molecule has 5 heterocycles. The number of aliphatic hydroxyl groups excluding tert-OH is 1. The number of aromatic amines is 1. The lowest BCUT2D eigenvalue weighted by Gasteiger charge is -2.15. The van der Waals surface area contributed by atoms with E-state index in [9.17, 15) is 13.5 Å². The van der Waals surface area contributed by atoms with Crippen LogP contribution in [-0.4, -0.2) is 77.6 Å². The van der Waals surface area contributed by atoms with Crippen molar-refractivity contribution >= 4 is 38.2 Å². The molecular formula is C16H16ClN3O6S. The molecule has 4 atom stereocenters. The number of hydrogen-bond acceptors (Lipinski definition) is 8. The monoisotopic (exact) mass is 413 g/mol. The highest BCUT2D eigenvalue weighted by Crippen LogP contribution is 2.32. The van der Waals surface area contributed by atoms with E-state index in [4.69, 9.17) is 25.8 Å². The Balaban J connectivity index is 1.41. The van der Waals surface area contributed by atoms with Crippen LogP contribution in [0.25, 0.3) is 16.7 Å². The van der Waals surface area contributed by atoms with E-state index in [0.29, 0.717) is 27.5 Å². The summed E-state index contributed by atoms with van der Waals surface area (Å²) in [6, 6.07) is 1.88. The number of nitrogens with one attached hydrogen (secondary N) is 1. The largest absolute Gasteiger partial charge is 0.456 e. The predicted octanol–water partition coefficient (Wildman–Crippen LogP) is 0.329. The van der Waals surface area contributed by atoms with Crippen LogP contribution in [-0.2, 0) is 19.3 Å². The Morgan fingerprint density at radius 3 is 2.85 bits per heavy atom. The third-order valence-corrected chi connectivity index (χ3v) is 6.63. The van der Waals surface area contributed by atoms with Crippen LogP contribution in [0, 0.1) is 0 Å². The maximum atomic E-state index is 11.7. The molecule has 3 aliphatic rings. The van der Waals surface area contributed by atoms with Crippen LogP contribution >= 0.6 is 11.6 Å². The fourth-order valence-electron chi connectivity index (χ4n) is 3.61. The second-order valence-electron chi connectivity index (χ2n) is 6.84. The lowest BCUT2D eigenvalue weighted by Crippen LogP contribution is -2.34. The first-order valence-corrected chi connectivity index (χ1v) is 10.6. The van der Waals surface area contributed by atoms with E-state index in [1.165, 1.54) is 0 Å². The maximum absolute atomic E-state index is 11.7. The van der Waals surface area contributed by atoms with Crippen molar-refractivity contribution < 1.29 is 27.7 Å². The Hall–Kier alpha value is -1.72. The van der Waals surface area contributed by atoms with Crippen molar-refractivity contribution in [3.05, 3.63) is 22.9 Å². The van der Waals surface area contributed by atoms with Gasteiger partial charge in [-0.1, -0.05) is 17.7 Å². The van der Waals surface area contributed by atoms with Gasteiger partial charge in [0.1, 0.15) is 18.3 Å². The molecule has 2 aromatic heterocycles. The van der Waals surface area contributed by atoms with Crippen LogP contribution in [0.2, 0.25) is 5.02 Å². The zero-order valence-corrected chi connectivity index (χ0v) is 15.5. The molecule has 3 aliphatic heterocycles. The van der Waals surface area contributed by atoms with Crippen LogP contribution in [0.4, 0.5) is 0 Å². The average Bonchev–Trinajstić information content (AvgIpc) is 3.34. The Morgan fingerprint density at radius 2 is 2.07 bits per heavy atom. The number of imidazole rings is 1. The summed E-state index contributed by atoms with van der Waals surface area (Å²) in [7, 11) is -3.13. The van der Waals surface area contributed by atoms with Gasteiger partial charge in [-0.3, -0.25) is 0 Å². The number of sulfone groups is 1. The minimum absolute atomic E-state index is 0.0105. The highest BCUT2D eigenvalue weighted by atomic mass is 35.5. The summed E-state index contributed by atoms with van der Waals surface area (Å²) in [6.07, 6.45) is -0.175. The lowest BCUT2D eigenvalue weighted by molar-refractivity contribution is 0.00706. The summed E-state index contributed by atoms with van der Waals surface area (Å²) in [5.74, 6) is -0.0927. The number of pyridine rings is 1. The van der Waals surface area contributed by atoms with Gasteiger partial charge in [0.2, 0.25) is 0 Å². The quantitative estimate of drug-likeness (QED) is 0.737. The molecule has 0 aliphatic carbocycles. The van der Waals surface area contributed by atoms with Crippen molar-refractivity contribution in [1.29, 1.82) is 0 Å². The van der Waals surface area contributed by atoms with Crippen LogP contribution in [0.1, 0.15) is 5.69 Å². The molecule has 0 aromatic carbocycles. The summed E-state index contributed by atoms with van der Waals surface area (Å²) in [5.41, 5.74) is 1.93. The number of fused-ring (bicyclic) bond motifs is 2. The van der Waals surface area contributed by atoms with Gasteiger partial charge in [-0.05, 0) is 11.6 Å². The van der Waals surface area contributed by atoms with E-state index < -0.39 is 28.1 Å². The van der Waals surface area contributed by atoms with E-state index >= 15 is 0 Å². The molecule has 2 fully saturated rings. The minimum atomic E-state index is -3.13. The predicted molar refractivity (Wildman–Crippen MR) is 95.4 cm³/mol. The molecule has 0 bridgehead atoms. The number of aliphatic hydroxyl groups is 1. The van der Waals surface area contributed by atoms with Gasteiger partial charge < -0.3 is 24.3 Å². The zero-order chi connectivity index (χ0) is 18.8. The van der Waals surface area contributed by atoms with E-state index in [-0.39, 0.29) is 36.8 Å². The molecule has 5 rings (SSSR count). The number of halogens is 1. The Morgan fingerprint density at radius 1 is 1.26 bits per heavy atom. The van der Waals surface area contributed by atoms with E-state index in [2.05, 4.69) is 15.0 Å². The van der Waals surface area contributed by atoms with E-state index in [0.717, 1.165) is 0 Å². The molecule has 0 unspecified atom stereocenters. The molecule has 11 heteroatoms. The van der Waals surface area contributed by atoms with Gasteiger partial charge in [0.15, 0.2) is 21.6 Å². The molecule has 0 spiro atoms. The molecule has 2 aromatic rings. The molecule has 2 saturated heterocycles. The smallest absolute Gasteiger partial charge is 0.296 e. The fraction of sp³-hybridized carbons (Fsp3) is 0.500. The summed E-state index contributed by atoms with van der Waals surface area (Å²) in [4.78, 5) is 11.7. The van der Waals surface area contributed by atoms with Crippen LogP contribution in [0.15, 0.2) is 12.1 Å². The summed E-state index contributed by atoms with van der Waals surface area (Å²) < 4.78 is 40.3. The van der Waals surface area contributed by atoms with Gasteiger partial charge in [-0.25, -0.2) is 13.4 Å². The van der Waals surface area contributed by atoms with Gasteiger partial charge >= 0.3 is 0 Å². The Bertz CT molecular complexity index is 1050. The molecular weight excluding hydrogens is 398 g/mol. The zero-order valence-electron chi connectivity index (χ0n) is 14.0. The molecule has 144 valence electrons. The Kier molecular flexibility index (Phi) is 3.96. The molecule has 0 amide bonds. The number of ether oxygens (including phenoxy) is 3. The van der Waals surface area contributed by atoms with Crippen molar-refractivity contribution in [3.63, 3.8) is 0 Å². The highest BCUT2D eigenvalue weighted by Gasteiger charge is 2.48. The first-order chi connectivity index (χ1) is 12.9. The first-order valence-electron chi connectivity index (χ1n) is 8.44. The molecule has 27 heavy (non-hydrogen) atoms. The van der Waals surface area contributed by atoms with Crippen LogP contribution in [0.3, 0.4) is 0 Å². The number of H-pyrrole nitrogens is 1. The van der Waals surface area contributed by atoms with Crippen LogP contribution < -0.4 is 4.74 Å². The van der Waals surface area contributed by atoms with Crippen molar-refractivity contribution in [1.82, 2.24) is 15.0 Å². The molecule has 0 saturated carbocycles. The average molecular weight is 414 g/mol. The number of hydrogen-bond donors (Lipinski definition) is 2. The van der Waals surface area contributed by atoms with E-state index in [1.807, 2.05) is 0 Å². The molecule has 0 radical (unpaired) electrons. The number of nitrogens with zero attached hydrogens (tertiary/aromatic N) is 2. The van der Waals surface area contributed by atoms with Gasteiger partial charge in [-0.15, -0.1) is 0 Å². The summed E-state index contributed by atoms with van der Waals surface area (Å²) in [6.45, 7) is 0.501. The van der Waals surface area contributed by atoms with Gasteiger partial charge in [0.05, 0.1) is 41.0 Å². The van der Waals surface area contributed by atoms with Crippen molar-refractivity contribution in [2.45, 2.75) is 24.4 Å². The minimum Gasteiger partial charge on any atom is -0.456 e. The summed E-state index contributed by atoms with van der Waals surface area (Å²) in [5, 5.41) is 10.1. The van der Waals surface area contributed by atoms with Gasteiger partial charge in [-0.2, -0.15) is 4.98 Å². The third kappa shape index (κ3) is 3.01. The van der Waals surface area contributed by atoms with Crippen molar-refractivity contribution in [2.24, 2.45) is 0 Å². The van der Waals surface area contributed by atoms with Crippen LogP contribution in [0.5, 0.6) is 6.01 Å². The second-order valence-corrected chi connectivity index (χ2v) is 9.35. The van der Waals surface area contributed by atoms with Crippen molar-refractivity contribution in [2.75, 3.05) is 24.7 Å². The SMILES string of the molecule is O=S1(=O)CC=C(c2nc3nc(O[C@@H]4CO[C@H]5[C@@H]4OC[C@H]5O)[nH]c3cc2Cl)C1. The first kappa shape index (κ1) is 17.4. The Labute approximate surface area is 159 Å². The second kappa shape index (κ2) is 6.14. The third-order valence-electron chi connectivity index (χ3n) is 4.91. The van der Waals surface area contributed by atoms with Gasteiger partial charge in [0, 0.05) is 0 Å². The molecule has 2 N–H and O–H groups in total. The fourth-order valence-corrected chi connectivity index (χ4v) is 5.19. The number of aromatic nitrogens is 3. The van der Waals surface area contributed by atoms with Crippen molar-refractivity contribution in [3.8, 4) is 6.01 Å². The standard InChI is InChI=1S/C16H16ClN3O6S/c17-8-3-9-15(19-12(8)7-1-2-27(22,23)6-7)20-16(18-9)26-11-5-25-13-10(21)4-24-14(11)13/h1,3,10-11,13-14,21H,2,4-6H2,(H,18,19,20)/t10-,11-,13-,14-/m1/s1. The highest BCUT2D eigenvalue weighted by molar-refractivity contribution is 7.92.